The van der Waals surface area contributed by atoms with E-state index >= 15 is 0 Å². The number of rotatable bonds is 6. The van der Waals surface area contributed by atoms with Crippen LogP contribution in [0.5, 0.6) is 0 Å². The Morgan fingerprint density at radius 1 is 0.943 bits per heavy atom. The second-order valence-corrected chi connectivity index (χ2v) is 9.25. The molecule has 180 valence electrons. The van der Waals surface area contributed by atoms with Crippen LogP contribution in [0.1, 0.15) is 47.4 Å². The first kappa shape index (κ1) is 23.2. The molecule has 2 atom stereocenters. The average Bonchev–Trinajstić information content (AvgIpc) is 3.46. The molecule has 0 spiro atoms. The Morgan fingerprint density at radius 3 is 2.40 bits per heavy atom. The fourth-order valence-corrected chi connectivity index (χ4v) is 4.86. The molecule has 0 radical (unpaired) electrons. The smallest absolute Gasteiger partial charge is 0.388 e. The predicted molar refractivity (Wildman–Crippen MR) is 125 cm³/mol. The van der Waals surface area contributed by atoms with Gasteiger partial charge in [-0.2, -0.15) is 18.0 Å². The lowest BCUT2D eigenvalue weighted by Crippen LogP contribution is -2.32. The average molecular weight is 479 g/mol. The van der Waals surface area contributed by atoms with E-state index in [-0.39, 0.29) is 6.54 Å². The molecule has 0 saturated heterocycles. The molecule has 0 aliphatic heterocycles. The van der Waals surface area contributed by atoms with Crippen LogP contribution in [0.3, 0.4) is 0 Å². The van der Waals surface area contributed by atoms with Crippen LogP contribution in [0.15, 0.2) is 78.9 Å². The van der Waals surface area contributed by atoms with E-state index in [0.29, 0.717) is 31.0 Å². The van der Waals surface area contributed by atoms with E-state index in [9.17, 15) is 18.3 Å². The summed E-state index contributed by atoms with van der Waals surface area (Å²) in [6.07, 6.45) is -1.72. The molecule has 0 amide bonds. The van der Waals surface area contributed by atoms with Gasteiger partial charge in [-0.25, -0.2) is 0 Å². The zero-order valence-corrected chi connectivity index (χ0v) is 19.0. The maximum Gasteiger partial charge on any atom is 0.416 e. The Kier molecular flexibility index (Phi) is 6.15. The Bertz CT molecular complexity index is 1290. The van der Waals surface area contributed by atoms with Gasteiger partial charge in [-0.3, -0.25) is 0 Å². The Labute approximate surface area is 201 Å². The number of aromatic nitrogens is 4. The number of halogens is 3. The summed E-state index contributed by atoms with van der Waals surface area (Å²) in [6.45, 7) is 0.254. The van der Waals surface area contributed by atoms with Crippen molar-refractivity contribution in [3.05, 3.63) is 101 Å². The van der Waals surface area contributed by atoms with Crippen molar-refractivity contribution in [2.24, 2.45) is 0 Å². The predicted octanol–water partition coefficient (Wildman–Crippen LogP) is 5.65. The molecular weight excluding hydrogens is 453 g/mol. The SMILES string of the molecule is OC1(Cn2nnc(-c3ccccc3Cc3ccc(C(F)(F)F)cc3)n2)CCC(c2ccccc2)C1. The molecule has 0 bridgehead atoms. The fraction of sp³-hybridized carbons (Fsp3) is 0.296. The highest BCUT2D eigenvalue weighted by Crippen LogP contribution is 2.41. The summed E-state index contributed by atoms with van der Waals surface area (Å²) in [4.78, 5) is 1.44. The zero-order valence-electron chi connectivity index (χ0n) is 19.0. The molecule has 5 nitrogen and oxygen atoms in total. The summed E-state index contributed by atoms with van der Waals surface area (Å²) in [6, 6.07) is 22.9. The number of benzene rings is 3. The summed E-state index contributed by atoms with van der Waals surface area (Å²) >= 11 is 0. The van der Waals surface area contributed by atoms with Crippen molar-refractivity contribution in [2.45, 2.75) is 49.9 Å². The van der Waals surface area contributed by atoms with Gasteiger partial charge in [0.1, 0.15) is 0 Å². The maximum absolute atomic E-state index is 12.9. The minimum atomic E-state index is -4.36. The topological polar surface area (TPSA) is 63.8 Å². The molecule has 1 aliphatic carbocycles. The van der Waals surface area contributed by atoms with Gasteiger partial charge in [-0.05, 0) is 65.6 Å². The first-order valence-corrected chi connectivity index (χ1v) is 11.6. The molecule has 1 saturated carbocycles. The van der Waals surface area contributed by atoms with Crippen molar-refractivity contribution < 1.29 is 18.3 Å². The third-order valence-electron chi connectivity index (χ3n) is 6.68. The summed E-state index contributed by atoms with van der Waals surface area (Å²) in [5.41, 5.74) is 2.06. The van der Waals surface area contributed by atoms with Gasteiger partial charge in [-0.1, -0.05) is 66.7 Å². The van der Waals surface area contributed by atoms with E-state index in [0.717, 1.165) is 35.2 Å². The molecule has 1 aromatic heterocycles. The van der Waals surface area contributed by atoms with Crippen molar-refractivity contribution in [1.82, 2.24) is 20.2 Å². The van der Waals surface area contributed by atoms with Gasteiger partial charge in [0.25, 0.3) is 0 Å². The normalized spacial score (nSPS) is 20.3. The van der Waals surface area contributed by atoms with E-state index < -0.39 is 17.3 Å². The van der Waals surface area contributed by atoms with Crippen molar-refractivity contribution in [2.75, 3.05) is 0 Å². The number of aliphatic hydroxyl groups is 1. The number of alkyl halides is 3. The first-order chi connectivity index (χ1) is 16.8. The lowest BCUT2D eigenvalue weighted by atomic mass is 9.95. The third kappa shape index (κ3) is 5.27. The van der Waals surface area contributed by atoms with E-state index in [4.69, 9.17) is 0 Å². The van der Waals surface area contributed by atoms with Crippen LogP contribution in [-0.4, -0.2) is 30.9 Å². The van der Waals surface area contributed by atoms with Gasteiger partial charge in [0, 0.05) is 5.56 Å². The number of tetrazole rings is 1. The molecule has 2 unspecified atom stereocenters. The molecule has 5 rings (SSSR count). The molecule has 8 heteroatoms. The van der Waals surface area contributed by atoms with Gasteiger partial charge in [-0.15, -0.1) is 10.2 Å². The van der Waals surface area contributed by atoms with Crippen LogP contribution < -0.4 is 0 Å². The van der Waals surface area contributed by atoms with Crippen LogP contribution in [0, 0.1) is 0 Å². The zero-order chi connectivity index (χ0) is 24.5. The molecule has 35 heavy (non-hydrogen) atoms. The number of nitrogens with zero attached hydrogens (tertiary/aromatic N) is 4. The highest BCUT2D eigenvalue weighted by molar-refractivity contribution is 5.60. The van der Waals surface area contributed by atoms with Crippen molar-refractivity contribution in [1.29, 1.82) is 0 Å². The standard InChI is InChI=1S/C27H25F3N4O/c28-27(29,30)23-12-10-19(11-13-23)16-21-8-4-5-9-24(21)25-31-33-34(32-25)18-26(35)15-14-22(17-26)20-6-2-1-3-7-20/h1-13,22,35H,14-18H2. The summed E-state index contributed by atoms with van der Waals surface area (Å²) in [7, 11) is 0. The van der Waals surface area contributed by atoms with Gasteiger partial charge in [0.2, 0.25) is 5.82 Å². The van der Waals surface area contributed by atoms with Gasteiger partial charge >= 0.3 is 6.18 Å². The number of hydrogen-bond acceptors (Lipinski definition) is 4. The largest absolute Gasteiger partial charge is 0.416 e. The first-order valence-electron chi connectivity index (χ1n) is 11.6. The minimum Gasteiger partial charge on any atom is -0.388 e. The molecule has 3 aromatic carbocycles. The highest BCUT2D eigenvalue weighted by Gasteiger charge is 2.39. The summed E-state index contributed by atoms with van der Waals surface area (Å²) in [5.74, 6) is 0.724. The molecule has 1 fully saturated rings. The van der Waals surface area contributed by atoms with Crippen LogP contribution in [-0.2, 0) is 19.1 Å². The van der Waals surface area contributed by atoms with Crippen molar-refractivity contribution >= 4 is 0 Å². The van der Waals surface area contributed by atoms with E-state index in [2.05, 4.69) is 27.5 Å². The van der Waals surface area contributed by atoms with Crippen LogP contribution in [0.4, 0.5) is 13.2 Å². The highest BCUT2D eigenvalue weighted by atomic mass is 19.4. The van der Waals surface area contributed by atoms with Crippen LogP contribution in [0.2, 0.25) is 0 Å². The second kappa shape index (κ2) is 9.26. The van der Waals surface area contributed by atoms with E-state index in [1.54, 1.807) is 0 Å². The Morgan fingerprint density at radius 2 is 1.66 bits per heavy atom. The minimum absolute atomic E-state index is 0.254. The molecule has 1 N–H and O–H groups in total. The quantitative estimate of drug-likeness (QED) is 0.389. The fourth-order valence-electron chi connectivity index (χ4n) is 4.86. The molecule has 4 aromatic rings. The van der Waals surface area contributed by atoms with Crippen molar-refractivity contribution in [3.63, 3.8) is 0 Å². The second-order valence-electron chi connectivity index (χ2n) is 9.25. The molecule has 1 aliphatic rings. The van der Waals surface area contributed by atoms with E-state index in [1.807, 2.05) is 42.5 Å². The summed E-state index contributed by atoms with van der Waals surface area (Å²) < 4.78 is 38.6. The van der Waals surface area contributed by atoms with Crippen LogP contribution >= 0.6 is 0 Å². The lowest BCUT2D eigenvalue weighted by molar-refractivity contribution is -0.137. The van der Waals surface area contributed by atoms with Crippen LogP contribution in [0.25, 0.3) is 11.4 Å². The molecular formula is C27H25F3N4O. The van der Waals surface area contributed by atoms with Gasteiger partial charge < -0.3 is 5.11 Å². The Hall–Kier alpha value is -3.52. The van der Waals surface area contributed by atoms with Crippen molar-refractivity contribution in [3.8, 4) is 11.4 Å². The Balaban J connectivity index is 1.30. The monoisotopic (exact) mass is 478 g/mol. The molecule has 1 heterocycles. The maximum atomic E-state index is 12.9. The van der Waals surface area contributed by atoms with Gasteiger partial charge in [0.15, 0.2) is 0 Å². The summed E-state index contributed by atoms with van der Waals surface area (Å²) in [5, 5.41) is 24.1. The third-order valence-corrected chi connectivity index (χ3v) is 6.68. The number of hydrogen-bond donors (Lipinski definition) is 1. The van der Waals surface area contributed by atoms with Gasteiger partial charge in [0.05, 0.1) is 17.7 Å². The lowest BCUT2D eigenvalue weighted by Gasteiger charge is -2.21. The van der Waals surface area contributed by atoms with E-state index in [1.165, 1.54) is 22.5 Å².